The van der Waals surface area contributed by atoms with Crippen molar-refractivity contribution in [3.63, 3.8) is 0 Å². The second-order valence-electron chi connectivity index (χ2n) is 7.08. The van der Waals surface area contributed by atoms with E-state index in [1.165, 1.54) is 5.56 Å². The molecular formula is C22H25N3O3. The molecule has 3 aromatic rings. The number of hydrogen-bond donors (Lipinski definition) is 1. The predicted molar refractivity (Wildman–Crippen MR) is 108 cm³/mol. The van der Waals surface area contributed by atoms with Crippen molar-refractivity contribution >= 4 is 0 Å². The number of fused-ring (bicyclic) bond motifs is 1. The fourth-order valence-electron chi connectivity index (χ4n) is 3.75. The van der Waals surface area contributed by atoms with Gasteiger partial charge in [-0.1, -0.05) is 30.3 Å². The minimum atomic E-state index is 0.0559. The van der Waals surface area contributed by atoms with E-state index in [2.05, 4.69) is 22.1 Å². The predicted octanol–water partition coefficient (Wildman–Crippen LogP) is 2.80. The molecule has 0 saturated carbocycles. The summed E-state index contributed by atoms with van der Waals surface area (Å²) in [5.41, 5.74) is 4.18. The zero-order chi connectivity index (χ0) is 19.5. The SMILES string of the molecule is COc1ccc(CN2CCc3[nH]n(Cc4ccccc4OC)c(=O)c3C2)cc1. The van der Waals surface area contributed by atoms with Crippen LogP contribution in [0.25, 0.3) is 0 Å². The van der Waals surface area contributed by atoms with Crippen LogP contribution in [0, 0.1) is 0 Å². The van der Waals surface area contributed by atoms with Crippen LogP contribution in [-0.2, 0) is 26.1 Å². The van der Waals surface area contributed by atoms with Gasteiger partial charge in [-0.3, -0.25) is 14.8 Å². The average Bonchev–Trinajstić information content (AvgIpc) is 3.04. The third-order valence-electron chi connectivity index (χ3n) is 5.28. The molecule has 1 aromatic heterocycles. The Labute approximate surface area is 164 Å². The summed E-state index contributed by atoms with van der Waals surface area (Å²) in [5, 5.41) is 3.31. The molecule has 146 valence electrons. The van der Waals surface area contributed by atoms with E-state index < -0.39 is 0 Å². The first kappa shape index (κ1) is 18.4. The van der Waals surface area contributed by atoms with Gasteiger partial charge in [-0.2, -0.15) is 0 Å². The Bertz CT molecular complexity index is 1000. The van der Waals surface area contributed by atoms with E-state index in [0.717, 1.165) is 47.8 Å². The number of ether oxygens (including phenoxy) is 2. The molecule has 28 heavy (non-hydrogen) atoms. The molecule has 6 nitrogen and oxygen atoms in total. The van der Waals surface area contributed by atoms with E-state index in [0.29, 0.717) is 13.1 Å². The van der Waals surface area contributed by atoms with Crippen LogP contribution >= 0.6 is 0 Å². The van der Waals surface area contributed by atoms with Crippen LogP contribution in [-0.4, -0.2) is 35.4 Å². The standard InChI is InChI=1S/C22H25N3O3/c1-27-18-9-7-16(8-10-18)13-24-12-11-20-19(15-24)22(26)25(23-20)14-17-5-3-4-6-21(17)28-2/h3-10,23H,11-15H2,1-2H3. The van der Waals surface area contributed by atoms with E-state index in [1.54, 1.807) is 18.9 Å². The molecule has 1 N–H and O–H groups in total. The third kappa shape index (κ3) is 3.68. The van der Waals surface area contributed by atoms with Crippen LogP contribution in [0.2, 0.25) is 0 Å². The minimum Gasteiger partial charge on any atom is -0.497 e. The minimum absolute atomic E-state index is 0.0559. The Hall–Kier alpha value is -2.99. The summed E-state index contributed by atoms with van der Waals surface area (Å²) in [6.45, 7) is 2.89. The van der Waals surface area contributed by atoms with Gasteiger partial charge in [-0.25, -0.2) is 4.68 Å². The van der Waals surface area contributed by atoms with Gasteiger partial charge in [-0.05, 0) is 23.8 Å². The molecule has 0 bridgehead atoms. The second kappa shape index (κ2) is 7.94. The number of benzene rings is 2. The molecule has 0 fully saturated rings. The Balaban J connectivity index is 1.50. The van der Waals surface area contributed by atoms with Crippen molar-refractivity contribution in [3.8, 4) is 11.5 Å². The van der Waals surface area contributed by atoms with Crippen molar-refractivity contribution in [2.75, 3.05) is 20.8 Å². The Morgan fingerprint density at radius 2 is 1.79 bits per heavy atom. The number of methoxy groups -OCH3 is 2. The quantitative estimate of drug-likeness (QED) is 0.716. The summed E-state index contributed by atoms with van der Waals surface area (Å²) < 4.78 is 12.3. The molecule has 0 saturated heterocycles. The van der Waals surface area contributed by atoms with Gasteiger partial charge >= 0.3 is 0 Å². The van der Waals surface area contributed by atoms with Gasteiger partial charge in [0.2, 0.25) is 0 Å². The van der Waals surface area contributed by atoms with Crippen molar-refractivity contribution in [1.82, 2.24) is 14.7 Å². The van der Waals surface area contributed by atoms with Crippen molar-refractivity contribution in [1.29, 1.82) is 0 Å². The molecule has 4 rings (SSSR count). The molecule has 0 unspecified atom stereocenters. The number of nitrogens with zero attached hydrogens (tertiary/aromatic N) is 2. The maximum Gasteiger partial charge on any atom is 0.271 e. The lowest BCUT2D eigenvalue weighted by Gasteiger charge is -2.25. The fraction of sp³-hybridized carbons (Fsp3) is 0.318. The van der Waals surface area contributed by atoms with Gasteiger partial charge in [0, 0.05) is 37.3 Å². The summed E-state index contributed by atoms with van der Waals surface area (Å²) in [5.74, 6) is 1.65. The van der Waals surface area contributed by atoms with Gasteiger partial charge in [0.15, 0.2) is 0 Å². The van der Waals surface area contributed by atoms with Gasteiger partial charge < -0.3 is 9.47 Å². The van der Waals surface area contributed by atoms with Crippen LogP contribution in [0.3, 0.4) is 0 Å². The topological polar surface area (TPSA) is 59.5 Å². The average molecular weight is 379 g/mol. The Morgan fingerprint density at radius 1 is 1.00 bits per heavy atom. The highest BCUT2D eigenvalue weighted by Gasteiger charge is 2.23. The number of H-pyrrole nitrogens is 1. The summed E-state index contributed by atoms with van der Waals surface area (Å²) in [7, 11) is 3.32. The van der Waals surface area contributed by atoms with Gasteiger partial charge in [0.1, 0.15) is 11.5 Å². The molecule has 2 heterocycles. The first-order chi connectivity index (χ1) is 13.7. The molecule has 0 amide bonds. The largest absolute Gasteiger partial charge is 0.497 e. The van der Waals surface area contributed by atoms with Crippen molar-refractivity contribution in [2.45, 2.75) is 26.1 Å². The lowest BCUT2D eigenvalue weighted by atomic mass is 10.1. The number of nitrogens with one attached hydrogen (secondary N) is 1. The van der Waals surface area contributed by atoms with Crippen LogP contribution in [0.5, 0.6) is 11.5 Å². The highest BCUT2D eigenvalue weighted by molar-refractivity contribution is 5.34. The van der Waals surface area contributed by atoms with E-state index in [-0.39, 0.29) is 5.56 Å². The van der Waals surface area contributed by atoms with Gasteiger partial charge in [0.25, 0.3) is 5.56 Å². The summed E-state index contributed by atoms with van der Waals surface area (Å²) in [6, 6.07) is 15.9. The van der Waals surface area contributed by atoms with E-state index in [4.69, 9.17) is 9.47 Å². The first-order valence-electron chi connectivity index (χ1n) is 9.45. The number of aromatic nitrogens is 2. The summed E-state index contributed by atoms with van der Waals surface area (Å²) in [6.07, 6.45) is 0.847. The fourth-order valence-corrected chi connectivity index (χ4v) is 3.75. The lowest BCUT2D eigenvalue weighted by Crippen LogP contribution is -2.32. The van der Waals surface area contributed by atoms with E-state index in [9.17, 15) is 4.79 Å². The van der Waals surface area contributed by atoms with Crippen LogP contribution in [0.1, 0.15) is 22.4 Å². The highest BCUT2D eigenvalue weighted by atomic mass is 16.5. The second-order valence-corrected chi connectivity index (χ2v) is 7.08. The molecule has 0 radical (unpaired) electrons. The smallest absolute Gasteiger partial charge is 0.271 e. The molecule has 1 aliphatic heterocycles. The molecular weight excluding hydrogens is 354 g/mol. The van der Waals surface area contributed by atoms with E-state index in [1.807, 2.05) is 36.4 Å². The number of aromatic amines is 1. The summed E-state index contributed by atoms with van der Waals surface area (Å²) >= 11 is 0. The number of para-hydroxylation sites is 1. The maximum atomic E-state index is 12.9. The molecule has 0 aliphatic carbocycles. The van der Waals surface area contributed by atoms with Gasteiger partial charge in [0.05, 0.1) is 26.3 Å². The molecule has 0 atom stereocenters. The van der Waals surface area contributed by atoms with Gasteiger partial charge in [-0.15, -0.1) is 0 Å². The Kier molecular flexibility index (Phi) is 5.21. The number of hydrogen-bond acceptors (Lipinski definition) is 4. The summed E-state index contributed by atoms with van der Waals surface area (Å²) in [4.78, 5) is 15.3. The monoisotopic (exact) mass is 379 g/mol. The van der Waals surface area contributed by atoms with Crippen LogP contribution in [0.4, 0.5) is 0 Å². The Morgan fingerprint density at radius 3 is 2.54 bits per heavy atom. The lowest BCUT2D eigenvalue weighted by molar-refractivity contribution is 0.244. The zero-order valence-electron chi connectivity index (χ0n) is 16.3. The first-order valence-corrected chi connectivity index (χ1v) is 9.45. The molecule has 6 heteroatoms. The number of rotatable bonds is 6. The highest BCUT2D eigenvalue weighted by Crippen LogP contribution is 2.21. The van der Waals surface area contributed by atoms with Crippen molar-refractivity contribution in [3.05, 3.63) is 81.3 Å². The molecule has 0 spiro atoms. The van der Waals surface area contributed by atoms with E-state index >= 15 is 0 Å². The van der Waals surface area contributed by atoms with Crippen LogP contribution in [0.15, 0.2) is 53.3 Å². The maximum absolute atomic E-state index is 12.9. The third-order valence-corrected chi connectivity index (χ3v) is 5.28. The zero-order valence-corrected chi connectivity index (χ0v) is 16.3. The normalized spacial score (nSPS) is 13.9. The molecule has 2 aromatic carbocycles. The van der Waals surface area contributed by atoms with Crippen LogP contribution < -0.4 is 15.0 Å². The van der Waals surface area contributed by atoms with Crippen molar-refractivity contribution in [2.24, 2.45) is 0 Å². The molecule has 1 aliphatic rings. The van der Waals surface area contributed by atoms with Crippen molar-refractivity contribution < 1.29 is 9.47 Å².